The molecule has 10 heteroatoms. The molecule has 0 aliphatic carbocycles. The summed E-state index contributed by atoms with van der Waals surface area (Å²) in [6.45, 7) is 1.16. The van der Waals surface area contributed by atoms with E-state index in [2.05, 4.69) is 15.5 Å². The summed E-state index contributed by atoms with van der Waals surface area (Å²) in [5.41, 5.74) is 5.21. The van der Waals surface area contributed by atoms with Crippen molar-refractivity contribution < 1.29 is 17.9 Å². The second kappa shape index (κ2) is 10.3. The van der Waals surface area contributed by atoms with Crippen LogP contribution >= 0.6 is 11.3 Å². The van der Waals surface area contributed by atoms with Gasteiger partial charge in [-0.05, 0) is 48.7 Å². The van der Waals surface area contributed by atoms with Crippen molar-refractivity contribution in [2.45, 2.75) is 24.2 Å². The molecule has 3 aromatic rings. The lowest BCUT2D eigenvalue weighted by Gasteiger charge is -2.26. The van der Waals surface area contributed by atoms with Crippen LogP contribution in [0.15, 0.2) is 57.8 Å². The maximum Gasteiger partial charge on any atom is 0.243 e. The summed E-state index contributed by atoms with van der Waals surface area (Å²) >= 11 is 1.39. The number of hydrazone groups is 1. The topological polar surface area (TPSA) is 93.1 Å². The van der Waals surface area contributed by atoms with E-state index >= 15 is 0 Å². The van der Waals surface area contributed by atoms with Crippen molar-refractivity contribution in [3.8, 4) is 22.8 Å². The highest BCUT2D eigenvalue weighted by Gasteiger charge is 2.26. The Labute approximate surface area is 197 Å². The van der Waals surface area contributed by atoms with Crippen molar-refractivity contribution in [2.75, 3.05) is 32.7 Å². The number of methoxy groups -OCH3 is 2. The molecule has 0 saturated carbocycles. The minimum Gasteiger partial charge on any atom is -0.493 e. The third-order valence-corrected chi connectivity index (χ3v) is 8.01. The fourth-order valence-corrected chi connectivity index (χ4v) is 5.86. The summed E-state index contributed by atoms with van der Waals surface area (Å²) in [5.74, 6) is 1.27. The molecule has 174 valence electrons. The SMILES string of the molecule is COc1ccc(C=NNc2nc(-c3cccc(S(=O)(=O)N4CCCCC4)c3)cs2)cc1OC. The van der Waals surface area contributed by atoms with Crippen molar-refractivity contribution in [1.29, 1.82) is 0 Å². The third kappa shape index (κ3) is 5.35. The van der Waals surface area contributed by atoms with Crippen LogP contribution in [-0.4, -0.2) is 51.2 Å². The molecule has 33 heavy (non-hydrogen) atoms. The second-order valence-electron chi connectivity index (χ2n) is 7.51. The highest BCUT2D eigenvalue weighted by atomic mass is 32.2. The Morgan fingerprint density at radius 2 is 1.85 bits per heavy atom. The molecule has 1 aliphatic heterocycles. The van der Waals surface area contributed by atoms with Crippen LogP contribution in [0.1, 0.15) is 24.8 Å². The Morgan fingerprint density at radius 1 is 1.06 bits per heavy atom. The zero-order valence-electron chi connectivity index (χ0n) is 18.5. The number of sulfonamides is 1. The van der Waals surface area contributed by atoms with Gasteiger partial charge in [0.15, 0.2) is 11.5 Å². The van der Waals surface area contributed by atoms with Gasteiger partial charge < -0.3 is 9.47 Å². The number of hydrogen-bond donors (Lipinski definition) is 1. The van der Waals surface area contributed by atoms with Gasteiger partial charge in [0.2, 0.25) is 15.2 Å². The standard InChI is InChI=1S/C23H26N4O4S2/c1-30-21-10-9-17(13-22(21)31-2)15-24-26-23-25-20(16-32-23)18-7-6-8-19(14-18)33(28,29)27-11-4-3-5-12-27/h6-10,13-16H,3-5,11-12H2,1-2H3,(H,25,26). The number of ether oxygens (including phenoxy) is 2. The van der Waals surface area contributed by atoms with Gasteiger partial charge in [-0.2, -0.15) is 9.41 Å². The van der Waals surface area contributed by atoms with Gasteiger partial charge in [-0.15, -0.1) is 11.3 Å². The van der Waals surface area contributed by atoms with Gasteiger partial charge in [-0.1, -0.05) is 18.6 Å². The number of benzene rings is 2. The Hall–Kier alpha value is -2.95. The summed E-state index contributed by atoms with van der Waals surface area (Å²) < 4.78 is 38.1. The van der Waals surface area contributed by atoms with E-state index in [1.807, 2.05) is 29.6 Å². The Balaban J connectivity index is 1.46. The van der Waals surface area contributed by atoms with Gasteiger partial charge in [0.1, 0.15) is 0 Å². The quantitative estimate of drug-likeness (QED) is 0.374. The van der Waals surface area contributed by atoms with Gasteiger partial charge in [0, 0.05) is 24.0 Å². The van der Waals surface area contributed by atoms with Crippen molar-refractivity contribution in [3.05, 3.63) is 53.4 Å². The molecule has 4 rings (SSSR count). The number of thiazole rings is 1. The fraction of sp³-hybridized carbons (Fsp3) is 0.304. The first-order valence-corrected chi connectivity index (χ1v) is 12.9. The zero-order valence-corrected chi connectivity index (χ0v) is 20.2. The number of anilines is 1. The zero-order chi connectivity index (χ0) is 23.3. The molecule has 0 radical (unpaired) electrons. The van der Waals surface area contributed by atoms with Crippen molar-refractivity contribution in [2.24, 2.45) is 5.10 Å². The van der Waals surface area contributed by atoms with Crippen LogP contribution in [0.2, 0.25) is 0 Å². The lowest BCUT2D eigenvalue weighted by molar-refractivity contribution is 0.346. The molecule has 0 unspecified atom stereocenters. The average Bonchev–Trinajstić information content (AvgIpc) is 3.33. The van der Waals surface area contributed by atoms with Gasteiger partial charge >= 0.3 is 0 Å². The van der Waals surface area contributed by atoms with Gasteiger partial charge in [0.25, 0.3) is 0 Å². The number of hydrogen-bond acceptors (Lipinski definition) is 8. The van der Waals surface area contributed by atoms with Crippen LogP contribution < -0.4 is 14.9 Å². The molecule has 1 aliphatic rings. The number of piperidine rings is 1. The van der Waals surface area contributed by atoms with Crippen LogP contribution in [0.3, 0.4) is 0 Å². The highest BCUT2D eigenvalue weighted by Crippen LogP contribution is 2.29. The first kappa shape index (κ1) is 23.2. The maximum atomic E-state index is 13.0. The lowest BCUT2D eigenvalue weighted by Crippen LogP contribution is -2.35. The second-order valence-corrected chi connectivity index (χ2v) is 10.3. The van der Waals surface area contributed by atoms with E-state index in [9.17, 15) is 8.42 Å². The predicted molar refractivity (Wildman–Crippen MR) is 131 cm³/mol. The van der Waals surface area contributed by atoms with Crippen molar-refractivity contribution in [1.82, 2.24) is 9.29 Å². The minimum absolute atomic E-state index is 0.302. The van der Waals surface area contributed by atoms with Gasteiger partial charge in [-0.3, -0.25) is 5.43 Å². The minimum atomic E-state index is -3.49. The van der Waals surface area contributed by atoms with Crippen LogP contribution in [0.25, 0.3) is 11.3 Å². The first-order chi connectivity index (χ1) is 16.0. The molecular weight excluding hydrogens is 460 g/mol. The number of rotatable bonds is 8. The molecule has 1 aromatic heterocycles. The largest absolute Gasteiger partial charge is 0.493 e. The van der Waals surface area contributed by atoms with E-state index in [-0.39, 0.29) is 0 Å². The summed E-state index contributed by atoms with van der Waals surface area (Å²) in [6, 6.07) is 12.5. The number of nitrogens with one attached hydrogen (secondary N) is 1. The van der Waals surface area contributed by atoms with E-state index in [4.69, 9.17) is 9.47 Å². The number of aromatic nitrogens is 1. The predicted octanol–water partition coefficient (Wildman–Crippen LogP) is 4.45. The van der Waals surface area contributed by atoms with E-state index < -0.39 is 10.0 Å². The smallest absolute Gasteiger partial charge is 0.243 e. The molecular formula is C23H26N4O4S2. The van der Waals surface area contributed by atoms with E-state index in [1.54, 1.807) is 42.9 Å². The highest BCUT2D eigenvalue weighted by molar-refractivity contribution is 7.89. The van der Waals surface area contributed by atoms with Gasteiger partial charge in [-0.25, -0.2) is 13.4 Å². The lowest BCUT2D eigenvalue weighted by atomic mass is 10.2. The fourth-order valence-electron chi connectivity index (χ4n) is 3.62. The maximum absolute atomic E-state index is 13.0. The molecule has 1 fully saturated rings. The monoisotopic (exact) mass is 486 g/mol. The van der Waals surface area contributed by atoms with E-state index in [0.29, 0.717) is 40.3 Å². The molecule has 0 amide bonds. The Morgan fingerprint density at radius 3 is 2.61 bits per heavy atom. The van der Waals surface area contributed by atoms with E-state index in [1.165, 1.54) is 11.3 Å². The molecule has 2 heterocycles. The average molecular weight is 487 g/mol. The summed E-state index contributed by atoms with van der Waals surface area (Å²) in [5, 5.41) is 6.72. The summed E-state index contributed by atoms with van der Waals surface area (Å²) in [6.07, 6.45) is 4.55. The van der Waals surface area contributed by atoms with Crippen molar-refractivity contribution >= 4 is 32.7 Å². The molecule has 0 spiro atoms. The third-order valence-electron chi connectivity index (χ3n) is 5.37. The molecule has 8 nitrogen and oxygen atoms in total. The molecule has 2 aromatic carbocycles. The Kier molecular flexibility index (Phi) is 7.26. The van der Waals surface area contributed by atoms with Crippen LogP contribution in [-0.2, 0) is 10.0 Å². The molecule has 0 bridgehead atoms. The van der Waals surface area contributed by atoms with Gasteiger partial charge in [0.05, 0.1) is 31.0 Å². The summed E-state index contributed by atoms with van der Waals surface area (Å²) in [7, 11) is -0.317. The normalized spacial score (nSPS) is 15.0. The Bertz CT molecular complexity index is 1230. The number of nitrogens with zero attached hydrogens (tertiary/aromatic N) is 3. The van der Waals surface area contributed by atoms with E-state index in [0.717, 1.165) is 30.4 Å². The molecule has 0 atom stereocenters. The first-order valence-electron chi connectivity index (χ1n) is 10.6. The van der Waals surface area contributed by atoms with Crippen LogP contribution in [0.4, 0.5) is 5.13 Å². The molecule has 1 saturated heterocycles. The summed E-state index contributed by atoms with van der Waals surface area (Å²) in [4.78, 5) is 4.85. The van der Waals surface area contributed by atoms with Crippen LogP contribution in [0.5, 0.6) is 11.5 Å². The molecule has 1 N–H and O–H groups in total. The van der Waals surface area contributed by atoms with Crippen molar-refractivity contribution in [3.63, 3.8) is 0 Å². The van der Waals surface area contributed by atoms with Crippen LogP contribution in [0, 0.1) is 0 Å².